The molecule has 0 aliphatic heterocycles. The highest BCUT2D eigenvalue weighted by atomic mass is 31.2. The zero-order chi connectivity index (χ0) is 11.4. The smallest absolute Gasteiger partial charge is 0.313 e. The Labute approximate surface area is 83.8 Å². The summed E-state index contributed by atoms with van der Waals surface area (Å²) in [4.78, 5) is 19.5. The van der Waals surface area contributed by atoms with Crippen LogP contribution in [-0.4, -0.2) is 34.3 Å². The molecule has 0 aliphatic rings. The van der Waals surface area contributed by atoms with Gasteiger partial charge in [-0.2, -0.15) is 0 Å². The molecule has 14 heavy (non-hydrogen) atoms. The van der Waals surface area contributed by atoms with Gasteiger partial charge in [-0.1, -0.05) is 13.8 Å². The van der Waals surface area contributed by atoms with Gasteiger partial charge in [0.25, 0.3) is 0 Å². The average molecular weight is 223 g/mol. The average Bonchev–Trinajstić information content (AvgIpc) is 1.77. The number of carboxylic acid groups (broad SMARTS) is 1. The standard InChI is InChI=1S/C8H18NO4P/c1-6(2)3-7(9)4-14(12,13)5-8(10)11/h6-7H,3-5,9H2,1-2H3,(H,10,11)(H,12,13)/t7-/m0/s1. The highest BCUT2D eigenvalue weighted by molar-refractivity contribution is 7.59. The van der Waals surface area contributed by atoms with Gasteiger partial charge in [-0.25, -0.2) is 0 Å². The van der Waals surface area contributed by atoms with Gasteiger partial charge in [0, 0.05) is 12.2 Å². The van der Waals surface area contributed by atoms with E-state index in [1.807, 2.05) is 13.8 Å². The van der Waals surface area contributed by atoms with E-state index in [9.17, 15) is 14.3 Å². The molecular weight excluding hydrogens is 205 g/mol. The summed E-state index contributed by atoms with van der Waals surface area (Å²) in [5.74, 6) is -0.914. The van der Waals surface area contributed by atoms with Crippen LogP contribution < -0.4 is 5.73 Å². The fourth-order valence-corrected chi connectivity index (χ4v) is 2.76. The molecule has 0 aliphatic carbocycles. The molecule has 0 bridgehead atoms. The Kier molecular flexibility index (Phi) is 5.34. The number of aliphatic carboxylic acids is 1. The number of hydrogen-bond acceptors (Lipinski definition) is 3. The monoisotopic (exact) mass is 223 g/mol. The van der Waals surface area contributed by atoms with Gasteiger partial charge in [-0.3, -0.25) is 9.36 Å². The summed E-state index contributed by atoms with van der Waals surface area (Å²) in [7, 11) is -3.59. The molecular formula is C8H18NO4P. The maximum atomic E-state index is 11.3. The number of rotatable bonds is 6. The molecule has 6 heteroatoms. The Hall–Kier alpha value is -0.380. The number of carboxylic acids is 1. The van der Waals surface area contributed by atoms with Gasteiger partial charge < -0.3 is 15.7 Å². The van der Waals surface area contributed by atoms with Gasteiger partial charge >= 0.3 is 5.97 Å². The van der Waals surface area contributed by atoms with Crippen LogP contribution in [-0.2, 0) is 9.36 Å². The van der Waals surface area contributed by atoms with Crippen LogP contribution in [0.5, 0.6) is 0 Å². The van der Waals surface area contributed by atoms with Gasteiger partial charge in [0.05, 0.1) is 0 Å². The lowest BCUT2D eigenvalue weighted by molar-refractivity contribution is -0.134. The number of nitrogens with two attached hydrogens (primary N) is 1. The molecule has 0 saturated heterocycles. The summed E-state index contributed by atoms with van der Waals surface area (Å²) in [5.41, 5.74) is 5.61. The highest BCUT2D eigenvalue weighted by Gasteiger charge is 2.25. The molecule has 0 spiro atoms. The highest BCUT2D eigenvalue weighted by Crippen LogP contribution is 2.40. The summed E-state index contributed by atoms with van der Waals surface area (Å²) in [6.07, 6.45) is -0.180. The van der Waals surface area contributed by atoms with Gasteiger partial charge in [-0.15, -0.1) is 0 Å². The summed E-state index contributed by atoms with van der Waals surface area (Å²) < 4.78 is 11.3. The van der Waals surface area contributed by atoms with Gasteiger partial charge in [0.2, 0.25) is 7.37 Å². The van der Waals surface area contributed by atoms with E-state index in [-0.39, 0.29) is 6.16 Å². The second kappa shape index (κ2) is 5.49. The molecule has 4 N–H and O–H groups in total. The third-order valence-corrected chi connectivity index (χ3v) is 3.48. The predicted octanol–water partition coefficient (Wildman–Crippen LogP) is 0.715. The van der Waals surface area contributed by atoms with Crippen molar-refractivity contribution in [3.8, 4) is 0 Å². The molecule has 1 unspecified atom stereocenters. The SMILES string of the molecule is CC(C)C[C@H](N)CP(=O)(O)CC(=O)O. The number of carbonyl (C=O) groups is 1. The largest absolute Gasteiger partial charge is 0.481 e. The van der Waals surface area contributed by atoms with Gasteiger partial charge in [-0.05, 0) is 12.3 Å². The minimum Gasteiger partial charge on any atom is -0.481 e. The maximum absolute atomic E-state index is 11.3. The lowest BCUT2D eigenvalue weighted by atomic mass is 10.1. The minimum absolute atomic E-state index is 0.114. The van der Waals surface area contributed by atoms with Gasteiger partial charge in [0.1, 0.15) is 6.16 Å². The second-order valence-electron chi connectivity index (χ2n) is 3.97. The molecule has 0 heterocycles. The van der Waals surface area contributed by atoms with Crippen molar-refractivity contribution in [1.29, 1.82) is 0 Å². The molecule has 0 fully saturated rings. The second-order valence-corrected chi connectivity index (χ2v) is 6.34. The van der Waals surface area contributed by atoms with Crippen molar-refractivity contribution < 1.29 is 19.4 Å². The molecule has 0 aromatic heterocycles. The summed E-state index contributed by atoms with van der Waals surface area (Å²) in [5, 5.41) is 8.37. The third-order valence-electron chi connectivity index (χ3n) is 1.68. The molecule has 84 valence electrons. The van der Waals surface area contributed by atoms with E-state index in [1.165, 1.54) is 0 Å². The van der Waals surface area contributed by atoms with Crippen molar-refractivity contribution in [2.45, 2.75) is 26.3 Å². The zero-order valence-electron chi connectivity index (χ0n) is 8.51. The molecule has 5 nitrogen and oxygen atoms in total. The summed E-state index contributed by atoms with van der Waals surface area (Å²) in [6.45, 7) is 3.92. The van der Waals surface area contributed by atoms with Crippen molar-refractivity contribution in [2.75, 3.05) is 12.3 Å². The van der Waals surface area contributed by atoms with E-state index in [1.54, 1.807) is 0 Å². The van der Waals surface area contributed by atoms with Crippen LogP contribution in [0.15, 0.2) is 0 Å². The number of hydrogen-bond donors (Lipinski definition) is 3. The van der Waals surface area contributed by atoms with Crippen LogP contribution in [0.3, 0.4) is 0 Å². The normalized spacial score (nSPS) is 17.8. The predicted molar refractivity (Wildman–Crippen MR) is 54.6 cm³/mol. The molecule has 2 atom stereocenters. The molecule has 0 aromatic rings. The molecule has 0 radical (unpaired) electrons. The van der Waals surface area contributed by atoms with E-state index < -0.39 is 25.5 Å². The fourth-order valence-electron chi connectivity index (χ4n) is 1.32. The van der Waals surface area contributed by atoms with Crippen LogP contribution in [0.1, 0.15) is 20.3 Å². The molecule has 0 amide bonds. The van der Waals surface area contributed by atoms with Crippen LogP contribution >= 0.6 is 7.37 Å². The molecule has 0 aromatic carbocycles. The Morgan fingerprint density at radius 3 is 2.36 bits per heavy atom. The van der Waals surface area contributed by atoms with Crippen molar-refractivity contribution in [3.63, 3.8) is 0 Å². The van der Waals surface area contributed by atoms with Crippen LogP contribution in [0.4, 0.5) is 0 Å². The van der Waals surface area contributed by atoms with E-state index in [4.69, 9.17) is 10.8 Å². The lowest BCUT2D eigenvalue weighted by Crippen LogP contribution is -2.27. The lowest BCUT2D eigenvalue weighted by Gasteiger charge is -2.16. The van der Waals surface area contributed by atoms with E-state index in [2.05, 4.69) is 0 Å². The van der Waals surface area contributed by atoms with Crippen molar-refractivity contribution in [3.05, 3.63) is 0 Å². The first-order valence-corrected chi connectivity index (χ1v) is 6.54. The fraction of sp³-hybridized carbons (Fsp3) is 0.875. The Bertz CT molecular complexity index is 241. The van der Waals surface area contributed by atoms with Gasteiger partial charge in [0.15, 0.2) is 0 Å². The first-order valence-electron chi connectivity index (χ1n) is 4.51. The molecule has 0 rings (SSSR count). The van der Waals surface area contributed by atoms with Crippen molar-refractivity contribution in [1.82, 2.24) is 0 Å². The van der Waals surface area contributed by atoms with E-state index >= 15 is 0 Å². The topological polar surface area (TPSA) is 101 Å². The maximum Gasteiger partial charge on any atom is 0.313 e. The van der Waals surface area contributed by atoms with Crippen LogP contribution in [0, 0.1) is 5.92 Å². The quantitative estimate of drug-likeness (QED) is 0.576. The van der Waals surface area contributed by atoms with Crippen molar-refractivity contribution in [2.24, 2.45) is 11.7 Å². The van der Waals surface area contributed by atoms with E-state index in [0.29, 0.717) is 12.3 Å². The molecule has 0 saturated carbocycles. The third kappa shape index (κ3) is 7.06. The van der Waals surface area contributed by atoms with Crippen molar-refractivity contribution >= 4 is 13.3 Å². The van der Waals surface area contributed by atoms with E-state index in [0.717, 1.165) is 0 Å². The first-order chi connectivity index (χ1) is 6.23. The van der Waals surface area contributed by atoms with Crippen LogP contribution in [0.2, 0.25) is 0 Å². The Morgan fingerprint density at radius 1 is 1.50 bits per heavy atom. The zero-order valence-corrected chi connectivity index (χ0v) is 9.41. The first kappa shape index (κ1) is 13.6. The Balaban J connectivity index is 4.08. The minimum atomic E-state index is -3.59. The summed E-state index contributed by atoms with van der Waals surface area (Å²) >= 11 is 0. The summed E-state index contributed by atoms with van der Waals surface area (Å²) in [6, 6.07) is -0.398. The van der Waals surface area contributed by atoms with Crippen LogP contribution in [0.25, 0.3) is 0 Å². The Morgan fingerprint density at radius 2 is 2.00 bits per heavy atom.